The molecule has 0 radical (unpaired) electrons. The predicted octanol–water partition coefficient (Wildman–Crippen LogP) is 2.41. The predicted molar refractivity (Wildman–Crippen MR) is 82.2 cm³/mol. The molecule has 5 heteroatoms. The van der Waals surface area contributed by atoms with Crippen LogP contribution in [0.4, 0.5) is 0 Å². The molecule has 0 unspecified atom stereocenters. The van der Waals surface area contributed by atoms with Crippen LogP contribution in [0.2, 0.25) is 0 Å². The molecule has 0 amide bonds. The SMILES string of the molecule is CC1(C)OB(c2ccc(C#N)c3ncccc23)OC1(C)C. The number of benzene rings is 1. The van der Waals surface area contributed by atoms with E-state index in [1.807, 2.05) is 45.9 Å². The van der Waals surface area contributed by atoms with Crippen LogP contribution in [0, 0.1) is 11.3 Å². The van der Waals surface area contributed by atoms with Crippen LogP contribution in [0.1, 0.15) is 33.3 Å². The molecule has 106 valence electrons. The highest BCUT2D eigenvalue weighted by atomic mass is 16.7. The lowest BCUT2D eigenvalue weighted by molar-refractivity contribution is 0.00578. The Morgan fingerprint density at radius 2 is 1.76 bits per heavy atom. The maximum Gasteiger partial charge on any atom is 0.495 e. The van der Waals surface area contributed by atoms with Crippen molar-refractivity contribution in [3.05, 3.63) is 36.0 Å². The number of aromatic nitrogens is 1. The van der Waals surface area contributed by atoms with Crippen molar-refractivity contribution < 1.29 is 9.31 Å². The van der Waals surface area contributed by atoms with Gasteiger partial charge in [-0.3, -0.25) is 4.98 Å². The molecular weight excluding hydrogens is 263 g/mol. The molecule has 1 saturated heterocycles. The van der Waals surface area contributed by atoms with Crippen LogP contribution in [-0.2, 0) is 9.31 Å². The first-order valence-corrected chi connectivity index (χ1v) is 6.99. The Bertz CT molecular complexity index is 734. The van der Waals surface area contributed by atoms with Gasteiger partial charge in [0.2, 0.25) is 0 Å². The Morgan fingerprint density at radius 1 is 1.10 bits per heavy atom. The summed E-state index contributed by atoms with van der Waals surface area (Å²) in [6.45, 7) is 8.10. The van der Waals surface area contributed by atoms with E-state index in [1.165, 1.54) is 0 Å². The van der Waals surface area contributed by atoms with E-state index in [1.54, 1.807) is 12.3 Å². The fourth-order valence-electron chi connectivity index (χ4n) is 2.46. The number of hydrogen-bond acceptors (Lipinski definition) is 4. The fourth-order valence-corrected chi connectivity index (χ4v) is 2.46. The van der Waals surface area contributed by atoms with E-state index in [2.05, 4.69) is 11.1 Å². The number of nitriles is 1. The molecule has 1 aliphatic rings. The largest absolute Gasteiger partial charge is 0.495 e. The third-order valence-corrected chi connectivity index (χ3v) is 4.43. The number of nitrogens with zero attached hydrogens (tertiary/aromatic N) is 2. The van der Waals surface area contributed by atoms with Gasteiger partial charge in [0, 0.05) is 11.6 Å². The van der Waals surface area contributed by atoms with Gasteiger partial charge in [-0.25, -0.2) is 0 Å². The lowest BCUT2D eigenvalue weighted by Crippen LogP contribution is -2.41. The van der Waals surface area contributed by atoms with E-state index >= 15 is 0 Å². The standard InChI is InChI=1S/C16H17BN2O2/c1-15(2)16(3,4)21-17(20-15)13-8-7-11(10-18)14-12(13)6-5-9-19-14/h5-9H,1-4H3. The first-order valence-electron chi connectivity index (χ1n) is 6.99. The maximum absolute atomic E-state index is 9.21. The van der Waals surface area contributed by atoms with E-state index < -0.39 is 7.12 Å². The first-order chi connectivity index (χ1) is 9.86. The zero-order valence-electron chi connectivity index (χ0n) is 12.7. The molecule has 1 aliphatic heterocycles. The van der Waals surface area contributed by atoms with Gasteiger partial charge in [-0.2, -0.15) is 5.26 Å². The second-order valence-corrected chi connectivity index (χ2v) is 6.30. The Morgan fingerprint density at radius 3 is 2.38 bits per heavy atom. The summed E-state index contributed by atoms with van der Waals surface area (Å²) < 4.78 is 12.2. The highest BCUT2D eigenvalue weighted by Gasteiger charge is 2.52. The van der Waals surface area contributed by atoms with Gasteiger partial charge in [-0.05, 0) is 45.3 Å². The molecule has 1 aromatic heterocycles. The quantitative estimate of drug-likeness (QED) is 0.753. The van der Waals surface area contributed by atoms with Crippen molar-refractivity contribution in [3.63, 3.8) is 0 Å². The smallest absolute Gasteiger partial charge is 0.399 e. The maximum atomic E-state index is 9.21. The molecule has 0 spiro atoms. The second kappa shape index (κ2) is 4.55. The van der Waals surface area contributed by atoms with Gasteiger partial charge < -0.3 is 9.31 Å². The van der Waals surface area contributed by atoms with Crippen LogP contribution in [-0.4, -0.2) is 23.3 Å². The second-order valence-electron chi connectivity index (χ2n) is 6.30. The number of rotatable bonds is 1. The molecule has 0 N–H and O–H groups in total. The van der Waals surface area contributed by atoms with Crippen molar-refractivity contribution >= 4 is 23.5 Å². The zero-order valence-corrected chi connectivity index (χ0v) is 12.7. The molecule has 0 aliphatic carbocycles. The van der Waals surface area contributed by atoms with Crippen molar-refractivity contribution in [3.8, 4) is 6.07 Å². The van der Waals surface area contributed by atoms with E-state index in [4.69, 9.17) is 9.31 Å². The van der Waals surface area contributed by atoms with Gasteiger partial charge in [0.1, 0.15) is 6.07 Å². The van der Waals surface area contributed by atoms with Crippen LogP contribution in [0.3, 0.4) is 0 Å². The minimum Gasteiger partial charge on any atom is -0.399 e. The van der Waals surface area contributed by atoms with Crippen molar-refractivity contribution in [1.82, 2.24) is 4.98 Å². The Labute approximate surface area is 124 Å². The van der Waals surface area contributed by atoms with E-state index in [0.717, 1.165) is 10.8 Å². The first kappa shape index (κ1) is 14.1. The Kier molecular flexibility index (Phi) is 3.05. The van der Waals surface area contributed by atoms with Crippen LogP contribution < -0.4 is 5.46 Å². The van der Waals surface area contributed by atoms with Crippen LogP contribution >= 0.6 is 0 Å². The summed E-state index contributed by atoms with van der Waals surface area (Å²) >= 11 is 0. The molecule has 1 aromatic carbocycles. The third kappa shape index (κ3) is 2.12. The molecule has 0 bridgehead atoms. The van der Waals surface area contributed by atoms with Gasteiger partial charge in [0.25, 0.3) is 0 Å². The number of pyridine rings is 1. The summed E-state index contributed by atoms with van der Waals surface area (Å²) in [4.78, 5) is 4.32. The summed E-state index contributed by atoms with van der Waals surface area (Å²) in [5, 5.41) is 10.1. The van der Waals surface area contributed by atoms with Crippen molar-refractivity contribution in [2.45, 2.75) is 38.9 Å². The highest BCUT2D eigenvalue weighted by Crippen LogP contribution is 2.37. The lowest BCUT2D eigenvalue weighted by atomic mass is 9.76. The minimum absolute atomic E-state index is 0.389. The molecular formula is C16H17BN2O2. The van der Waals surface area contributed by atoms with Gasteiger partial charge in [-0.1, -0.05) is 12.1 Å². The van der Waals surface area contributed by atoms with Crippen molar-refractivity contribution in [1.29, 1.82) is 5.26 Å². The van der Waals surface area contributed by atoms with Gasteiger partial charge in [0.05, 0.1) is 22.3 Å². The molecule has 2 aromatic rings. The molecule has 4 nitrogen and oxygen atoms in total. The van der Waals surface area contributed by atoms with E-state index in [0.29, 0.717) is 11.1 Å². The monoisotopic (exact) mass is 280 g/mol. The van der Waals surface area contributed by atoms with Gasteiger partial charge in [0.15, 0.2) is 0 Å². The number of fused-ring (bicyclic) bond motifs is 1. The molecule has 3 rings (SSSR count). The average molecular weight is 280 g/mol. The Hall–Kier alpha value is -1.90. The summed E-state index contributed by atoms with van der Waals surface area (Å²) in [5.41, 5.74) is 1.38. The molecule has 21 heavy (non-hydrogen) atoms. The average Bonchev–Trinajstić information content (AvgIpc) is 2.66. The van der Waals surface area contributed by atoms with Crippen molar-refractivity contribution in [2.24, 2.45) is 0 Å². The van der Waals surface area contributed by atoms with Gasteiger partial charge >= 0.3 is 7.12 Å². The normalized spacial score (nSPS) is 19.7. The van der Waals surface area contributed by atoms with Crippen LogP contribution in [0.15, 0.2) is 30.5 Å². The molecule has 0 saturated carbocycles. The molecule has 0 atom stereocenters. The Balaban J connectivity index is 2.14. The van der Waals surface area contributed by atoms with Crippen LogP contribution in [0.5, 0.6) is 0 Å². The minimum atomic E-state index is -0.450. The third-order valence-electron chi connectivity index (χ3n) is 4.43. The lowest BCUT2D eigenvalue weighted by Gasteiger charge is -2.32. The van der Waals surface area contributed by atoms with E-state index in [9.17, 15) is 5.26 Å². The number of hydrogen-bond donors (Lipinski definition) is 0. The fraction of sp³-hybridized carbons (Fsp3) is 0.375. The van der Waals surface area contributed by atoms with Gasteiger partial charge in [-0.15, -0.1) is 0 Å². The topological polar surface area (TPSA) is 55.1 Å². The zero-order chi connectivity index (χ0) is 15.3. The summed E-state index contributed by atoms with van der Waals surface area (Å²) in [7, 11) is -0.450. The van der Waals surface area contributed by atoms with Crippen molar-refractivity contribution in [2.75, 3.05) is 0 Å². The summed E-state index contributed by atoms with van der Waals surface area (Å²) in [5.74, 6) is 0. The molecule has 1 fully saturated rings. The van der Waals surface area contributed by atoms with E-state index in [-0.39, 0.29) is 11.2 Å². The van der Waals surface area contributed by atoms with Crippen LogP contribution in [0.25, 0.3) is 10.9 Å². The summed E-state index contributed by atoms with van der Waals surface area (Å²) in [6.07, 6.45) is 1.69. The highest BCUT2D eigenvalue weighted by molar-refractivity contribution is 6.65. The molecule has 2 heterocycles. The summed E-state index contributed by atoms with van der Waals surface area (Å²) in [6, 6.07) is 9.65.